The summed E-state index contributed by atoms with van der Waals surface area (Å²) in [5.41, 5.74) is 1.85. The predicted molar refractivity (Wildman–Crippen MR) is 69.3 cm³/mol. The molecule has 0 aromatic carbocycles. The molecule has 1 aromatic heterocycles. The molecule has 0 bridgehead atoms. The average Bonchev–Trinajstić information content (AvgIpc) is 2.48. The van der Waals surface area contributed by atoms with E-state index < -0.39 is 0 Å². The number of hydrogen-bond acceptors (Lipinski definition) is 3. The third kappa shape index (κ3) is 2.07. The molecule has 4 heteroatoms. The van der Waals surface area contributed by atoms with Gasteiger partial charge < -0.3 is 0 Å². The summed E-state index contributed by atoms with van der Waals surface area (Å²) in [7, 11) is 0. The van der Waals surface area contributed by atoms with Gasteiger partial charge in [-0.15, -0.1) is 0 Å². The summed E-state index contributed by atoms with van der Waals surface area (Å²) < 4.78 is 0. The van der Waals surface area contributed by atoms with E-state index >= 15 is 0 Å². The molecule has 1 aliphatic rings. The fourth-order valence-electron chi connectivity index (χ4n) is 2.70. The molecule has 0 spiro atoms. The highest BCUT2D eigenvalue weighted by Crippen LogP contribution is 2.52. The lowest BCUT2D eigenvalue weighted by atomic mass is 9.43. The van der Waals surface area contributed by atoms with E-state index in [2.05, 4.69) is 37.7 Å². The van der Waals surface area contributed by atoms with Crippen LogP contribution in [-0.4, -0.2) is 16.7 Å². The zero-order valence-electron chi connectivity index (χ0n) is 11.0. The molecule has 2 rings (SSSR count). The lowest BCUT2D eigenvalue weighted by Gasteiger charge is -2.35. The molecule has 88 valence electrons. The smallest absolute Gasteiger partial charge is 0.228 e. The first-order valence-electron chi connectivity index (χ1n) is 6.08. The van der Waals surface area contributed by atoms with Crippen LogP contribution in [0, 0.1) is 22.2 Å². The van der Waals surface area contributed by atoms with Crippen molar-refractivity contribution in [2.45, 2.75) is 40.3 Å². The van der Waals surface area contributed by atoms with Crippen LogP contribution < -0.4 is 5.46 Å². The molecule has 1 aromatic rings. The highest BCUT2D eigenvalue weighted by Gasteiger charge is 2.48. The summed E-state index contributed by atoms with van der Waals surface area (Å²) in [4.78, 5) is 8.13. The summed E-state index contributed by atoms with van der Waals surface area (Å²) in [6.45, 7) is 9.84. The number of nitrogens with zero attached hydrogens (tertiary/aromatic N) is 3. The van der Waals surface area contributed by atoms with Gasteiger partial charge in [0.25, 0.3) is 0 Å². The zero-order chi connectivity index (χ0) is 12.7. The molecular weight excluding hydrogens is 209 g/mol. The zero-order valence-corrected chi connectivity index (χ0v) is 11.0. The minimum atomic E-state index is 0.255. The number of aromatic nitrogens is 2. The van der Waals surface area contributed by atoms with Crippen LogP contribution in [0.15, 0.2) is 12.4 Å². The van der Waals surface area contributed by atoms with Crippen LogP contribution in [0.2, 0.25) is 12.6 Å². The highest BCUT2D eigenvalue weighted by molar-refractivity contribution is 6.74. The van der Waals surface area contributed by atoms with E-state index in [1.807, 2.05) is 18.5 Å². The minimum Gasteiger partial charge on any atom is -0.228 e. The van der Waals surface area contributed by atoms with E-state index in [1.165, 1.54) is 5.46 Å². The molecule has 17 heavy (non-hydrogen) atoms. The topological polar surface area (TPSA) is 49.6 Å². The van der Waals surface area contributed by atoms with Gasteiger partial charge in [0, 0.05) is 12.4 Å². The van der Waals surface area contributed by atoms with Crippen LogP contribution in [-0.2, 0) is 0 Å². The maximum absolute atomic E-state index is 8.68. The fourth-order valence-corrected chi connectivity index (χ4v) is 2.70. The molecule has 0 unspecified atom stereocenters. The van der Waals surface area contributed by atoms with Crippen molar-refractivity contribution >= 4 is 12.2 Å². The van der Waals surface area contributed by atoms with E-state index in [0.29, 0.717) is 17.5 Å². The molecule has 0 N–H and O–H groups in total. The van der Waals surface area contributed by atoms with Crippen molar-refractivity contribution in [3.05, 3.63) is 18.2 Å². The highest BCUT2D eigenvalue weighted by atomic mass is 14.9. The van der Waals surface area contributed by atoms with Crippen LogP contribution in [0.5, 0.6) is 0 Å². The first kappa shape index (κ1) is 12.1. The van der Waals surface area contributed by atoms with Crippen LogP contribution in [0.25, 0.3) is 0 Å². The summed E-state index contributed by atoms with van der Waals surface area (Å²) >= 11 is 0. The third-order valence-electron chi connectivity index (χ3n) is 4.59. The second-order valence-electron chi connectivity index (χ2n) is 6.32. The Kier molecular flexibility index (Phi) is 2.73. The fraction of sp³-hybridized carbons (Fsp3) is 0.615. The SMILES string of the molecule is CC1(C)CB(c2cnc(C#N)nc2)CC1(C)C. The first-order chi connectivity index (χ1) is 7.86. The van der Waals surface area contributed by atoms with E-state index in [-0.39, 0.29) is 5.82 Å². The second kappa shape index (κ2) is 3.84. The van der Waals surface area contributed by atoms with Crippen LogP contribution in [0.3, 0.4) is 0 Å². The molecular formula is C13H18BN3. The number of rotatable bonds is 1. The molecule has 0 aliphatic carbocycles. The Labute approximate surface area is 103 Å². The maximum atomic E-state index is 8.68. The second-order valence-corrected chi connectivity index (χ2v) is 6.32. The molecule has 0 amide bonds. The van der Waals surface area contributed by atoms with Crippen molar-refractivity contribution < 1.29 is 0 Å². The van der Waals surface area contributed by atoms with Crippen molar-refractivity contribution in [3.63, 3.8) is 0 Å². The van der Waals surface area contributed by atoms with Crippen molar-refractivity contribution in [3.8, 4) is 6.07 Å². The Morgan fingerprint density at radius 3 is 2.00 bits per heavy atom. The molecule has 1 saturated heterocycles. The monoisotopic (exact) mass is 227 g/mol. The van der Waals surface area contributed by atoms with Crippen molar-refractivity contribution in [1.29, 1.82) is 5.26 Å². The van der Waals surface area contributed by atoms with E-state index in [1.54, 1.807) is 0 Å². The van der Waals surface area contributed by atoms with E-state index in [4.69, 9.17) is 5.26 Å². The van der Waals surface area contributed by atoms with E-state index in [0.717, 1.165) is 12.6 Å². The molecule has 3 nitrogen and oxygen atoms in total. The van der Waals surface area contributed by atoms with Gasteiger partial charge in [0.05, 0.1) is 0 Å². The van der Waals surface area contributed by atoms with Crippen LogP contribution in [0.1, 0.15) is 33.5 Å². The van der Waals surface area contributed by atoms with Gasteiger partial charge >= 0.3 is 0 Å². The first-order valence-corrected chi connectivity index (χ1v) is 6.08. The predicted octanol–water partition coefficient (Wildman–Crippen LogP) is 2.12. The Balaban J connectivity index is 2.23. The number of nitriles is 1. The van der Waals surface area contributed by atoms with Gasteiger partial charge in [-0.25, -0.2) is 9.97 Å². The maximum Gasteiger partial charge on any atom is 0.232 e. The largest absolute Gasteiger partial charge is 0.232 e. The van der Waals surface area contributed by atoms with Gasteiger partial charge in [0.2, 0.25) is 5.82 Å². The molecule has 2 heterocycles. The Hall–Kier alpha value is -1.37. The third-order valence-corrected chi connectivity index (χ3v) is 4.59. The summed E-state index contributed by atoms with van der Waals surface area (Å²) in [6.07, 6.45) is 5.95. The summed E-state index contributed by atoms with van der Waals surface area (Å²) in [6, 6.07) is 1.96. The van der Waals surface area contributed by atoms with Gasteiger partial charge in [0.1, 0.15) is 6.07 Å². The molecule has 0 saturated carbocycles. The average molecular weight is 227 g/mol. The molecule has 0 atom stereocenters. The molecule has 1 aliphatic heterocycles. The quantitative estimate of drug-likeness (QED) is 0.690. The lowest BCUT2D eigenvalue weighted by Crippen LogP contribution is -2.29. The summed E-state index contributed by atoms with van der Waals surface area (Å²) in [5.74, 6) is 0.255. The number of hydrogen-bond donors (Lipinski definition) is 0. The standard InChI is InChI=1S/C13H18BN3/c1-12(2)8-14(9-13(12,3)4)10-6-16-11(5-15)17-7-10/h6-7H,8-9H2,1-4H3. The van der Waals surface area contributed by atoms with E-state index in [9.17, 15) is 0 Å². The molecule has 0 radical (unpaired) electrons. The Bertz CT molecular complexity index is 441. The molecule has 1 fully saturated rings. The van der Waals surface area contributed by atoms with Gasteiger partial charge in [-0.1, -0.05) is 40.3 Å². The van der Waals surface area contributed by atoms with Gasteiger partial charge in [-0.3, -0.25) is 0 Å². The minimum absolute atomic E-state index is 0.255. The van der Waals surface area contributed by atoms with Gasteiger partial charge in [-0.2, -0.15) is 5.26 Å². The van der Waals surface area contributed by atoms with Crippen LogP contribution in [0.4, 0.5) is 0 Å². The summed E-state index contributed by atoms with van der Waals surface area (Å²) in [5, 5.41) is 8.68. The van der Waals surface area contributed by atoms with Crippen molar-refractivity contribution in [2.24, 2.45) is 10.8 Å². The Morgan fingerprint density at radius 1 is 1.12 bits per heavy atom. The van der Waals surface area contributed by atoms with Gasteiger partial charge in [0.15, 0.2) is 6.71 Å². The van der Waals surface area contributed by atoms with Crippen molar-refractivity contribution in [2.75, 3.05) is 0 Å². The lowest BCUT2D eigenvalue weighted by molar-refractivity contribution is 0.177. The van der Waals surface area contributed by atoms with Gasteiger partial charge in [-0.05, 0) is 16.3 Å². The normalized spacial score (nSPS) is 21.2. The van der Waals surface area contributed by atoms with Crippen LogP contribution >= 0.6 is 0 Å². The van der Waals surface area contributed by atoms with Crippen molar-refractivity contribution in [1.82, 2.24) is 9.97 Å². The Morgan fingerprint density at radius 2 is 1.59 bits per heavy atom.